The Morgan fingerprint density at radius 3 is 2.45 bits per heavy atom. The molecular formula is C21H20F3N5O3S. The Hall–Kier alpha value is -3.25. The number of hydrogen-bond donors (Lipinski definition) is 1. The quantitative estimate of drug-likeness (QED) is 0.602. The smallest absolute Gasteiger partial charge is 0.320 e. The number of hydrogen-bond acceptors (Lipinski definition) is 5. The van der Waals surface area contributed by atoms with E-state index in [4.69, 9.17) is 0 Å². The summed E-state index contributed by atoms with van der Waals surface area (Å²) in [5.41, 5.74) is -0.936. The molecule has 0 bridgehead atoms. The Labute approximate surface area is 188 Å². The molecule has 4 rings (SSSR count). The molecule has 1 saturated heterocycles. The van der Waals surface area contributed by atoms with Crippen LogP contribution in [0.3, 0.4) is 0 Å². The van der Waals surface area contributed by atoms with Gasteiger partial charge in [-0.1, -0.05) is 12.5 Å². The first-order chi connectivity index (χ1) is 15.7. The molecule has 174 valence electrons. The lowest BCUT2D eigenvalue weighted by Gasteiger charge is -2.26. The van der Waals surface area contributed by atoms with Gasteiger partial charge in [-0.15, -0.1) is 0 Å². The van der Waals surface area contributed by atoms with Crippen LogP contribution in [0.2, 0.25) is 0 Å². The molecule has 0 unspecified atom stereocenters. The van der Waals surface area contributed by atoms with E-state index < -0.39 is 27.7 Å². The zero-order chi connectivity index (χ0) is 23.6. The van der Waals surface area contributed by atoms with Gasteiger partial charge in [0.25, 0.3) is 5.91 Å². The topological polar surface area (TPSA) is 97.2 Å². The van der Waals surface area contributed by atoms with Crippen LogP contribution in [0.5, 0.6) is 0 Å². The van der Waals surface area contributed by atoms with Gasteiger partial charge in [0.15, 0.2) is 0 Å². The zero-order valence-electron chi connectivity index (χ0n) is 17.3. The molecule has 2 heterocycles. The Kier molecular flexibility index (Phi) is 6.21. The predicted molar refractivity (Wildman–Crippen MR) is 113 cm³/mol. The van der Waals surface area contributed by atoms with Crippen LogP contribution in [0.4, 0.5) is 18.9 Å². The molecule has 12 heteroatoms. The number of alkyl halides is 3. The van der Waals surface area contributed by atoms with E-state index in [0.29, 0.717) is 13.1 Å². The van der Waals surface area contributed by atoms with Gasteiger partial charge in [0.2, 0.25) is 10.0 Å². The standard InChI is InChI=1S/C21H20F3N5O3S/c22-21(23,24)16-7-8-19(29-14-25-13-26-29)18(12-16)27-20(30)15-5-4-6-17(11-15)33(31,32)28-9-2-1-3-10-28/h4-8,11-14H,1-3,9-10H2,(H,27,30). The van der Waals surface area contributed by atoms with E-state index in [-0.39, 0.29) is 21.8 Å². The Morgan fingerprint density at radius 1 is 1.03 bits per heavy atom. The number of nitrogens with one attached hydrogen (secondary N) is 1. The molecule has 33 heavy (non-hydrogen) atoms. The largest absolute Gasteiger partial charge is 0.416 e. The van der Waals surface area contributed by atoms with Crippen LogP contribution in [0.25, 0.3) is 5.69 Å². The number of nitrogens with zero attached hydrogens (tertiary/aromatic N) is 4. The van der Waals surface area contributed by atoms with Crippen LogP contribution in [-0.2, 0) is 16.2 Å². The fourth-order valence-electron chi connectivity index (χ4n) is 3.59. The molecule has 3 aromatic rings. The van der Waals surface area contributed by atoms with Gasteiger partial charge < -0.3 is 5.32 Å². The summed E-state index contributed by atoms with van der Waals surface area (Å²) in [4.78, 5) is 16.6. The molecule has 1 amide bonds. The molecule has 0 aliphatic carbocycles. The number of anilines is 1. The number of rotatable bonds is 5. The molecule has 1 aromatic heterocycles. The van der Waals surface area contributed by atoms with Gasteiger partial charge in [-0.25, -0.2) is 18.1 Å². The van der Waals surface area contributed by atoms with Crippen LogP contribution in [0, 0.1) is 0 Å². The van der Waals surface area contributed by atoms with Gasteiger partial charge in [0.1, 0.15) is 12.7 Å². The predicted octanol–water partition coefficient (Wildman–Crippen LogP) is 3.71. The van der Waals surface area contributed by atoms with E-state index in [1.807, 2.05) is 0 Å². The maximum absolute atomic E-state index is 13.2. The molecular weight excluding hydrogens is 459 g/mol. The highest BCUT2D eigenvalue weighted by atomic mass is 32.2. The van der Waals surface area contributed by atoms with Gasteiger partial charge in [-0.05, 0) is 49.2 Å². The molecule has 1 N–H and O–H groups in total. The lowest BCUT2D eigenvalue weighted by atomic mass is 10.1. The Balaban J connectivity index is 1.65. The van der Waals surface area contributed by atoms with Crippen LogP contribution < -0.4 is 5.32 Å². The second kappa shape index (κ2) is 8.94. The van der Waals surface area contributed by atoms with Crippen molar-refractivity contribution in [2.24, 2.45) is 0 Å². The molecule has 2 aromatic carbocycles. The first-order valence-corrected chi connectivity index (χ1v) is 11.6. The fourth-order valence-corrected chi connectivity index (χ4v) is 5.15. The lowest BCUT2D eigenvalue weighted by molar-refractivity contribution is -0.137. The van der Waals surface area contributed by atoms with Crippen molar-refractivity contribution in [3.05, 3.63) is 66.2 Å². The van der Waals surface area contributed by atoms with E-state index >= 15 is 0 Å². The molecule has 1 aliphatic heterocycles. The number of piperidine rings is 1. The SMILES string of the molecule is O=C(Nc1cc(C(F)(F)F)ccc1-n1cncn1)c1cccc(S(=O)(=O)N2CCCCC2)c1. The summed E-state index contributed by atoms with van der Waals surface area (Å²) in [6, 6.07) is 8.28. The second-order valence-electron chi connectivity index (χ2n) is 7.52. The van der Waals surface area contributed by atoms with Crippen molar-refractivity contribution in [3.63, 3.8) is 0 Å². The number of halogens is 3. The third kappa shape index (κ3) is 4.91. The number of aromatic nitrogens is 3. The van der Waals surface area contributed by atoms with Crippen LogP contribution in [0.1, 0.15) is 35.2 Å². The number of amides is 1. The number of carbonyl (C=O) groups excluding carboxylic acids is 1. The minimum Gasteiger partial charge on any atom is -0.320 e. The Bertz CT molecular complexity index is 1250. The van der Waals surface area contributed by atoms with E-state index in [0.717, 1.165) is 31.4 Å². The molecule has 1 fully saturated rings. The fraction of sp³-hybridized carbons (Fsp3) is 0.286. The highest BCUT2D eigenvalue weighted by Gasteiger charge is 2.32. The van der Waals surface area contributed by atoms with E-state index in [1.165, 1.54) is 52.0 Å². The van der Waals surface area contributed by atoms with Gasteiger partial charge in [0, 0.05) is 18.7 Å². The van der Waals surface area contributed by atoms with Crippen molar-refractivity contribution >= 4 is 21.6 Å². The van der Waals surface area contributed by atoms with E-state index in [2.05, 4.69) is 15.4 Å². The normalized spacial score (nSPS) is 15.4. The van der Waals surface area contributed by atoms with Gasteiger partial charge in [-0.2, -0.15) is 22.6 Å². The first kappa shape index (κ1) is 22.9. The average molecular weight is 479 g/mol. The summed E-state index contributed by atoms with van der Waals surface area (Å²) < 4.78 is 68.2. The van der Waals surface area contributed by atoms with E-state index in [1.54, 1.807) is 0 Å². The molecule has 0 atom stereocenters. The second-order valence-corrected chi connectivity index (χ2v) is 9.45. The average Bonchev–Trinajstić information content (AvgIpc) is 3.34. The minimum atomic E-state index is -4.62. The Morgan fingerprint density at radius 2 is 1.79 bits per heavy atom. The maximum Gasteiger partial charge on any atom is 0.416 e. The minimum absolute atomic E-state index is 0.00460. The van der Waals surface area contributed by atoms with Crippen LogP contribution >= 0.6 is 0 Å². The highest BCUT2D eigenvalue weighted by molar-refractivity contribution is 7.89. The third-order valence-corrected chi connectivity index (χ3v) is 7.18. The van der Waals surface area contributed by atoms with Crippen molar-refractivity contribution in [2.45, 2.75) is 30.3 Å². The maximum atomic E-state index is 13.2. The van der Waals surface area contributed by atoms with Crippen molar-refractivity contribution in [1.82, 2.24) is 19.1 Å². The summed E-state index contributed by atoms with van der Waals surface area (Å²) in [6.07, 6.45) is 0.352. The van der Waals surface area contributed by atoms with Crippen molar-refractivity contribution < 1.29 is 26.4 Å². The van der Waals surface area contributed by atoms with E-state index in [9.17, 15) is 26.4 Å². The summed E-state index contributed by atoms with van der Waals surface area (Å²) in [5, 5.41) is 6.36. The van der Waals surface area contributed by atoms with Crippen LogP contribution in [-0.4, -0.2) is 46.5 Å². The first-order valence-electron chi connectivity index (χ1n) is 10.1. The van der Waals surface area contributed by atoms with Crippen molar-refractivity contribution in [2.75, 3.05) is 18.4 Å². The highest BCUT2D eigenvalue weighted by Crippen LogP contribution is 2.33. The molecule has 0 spiro atoms. The van der Waals surface area contributed by atoms with Gasteiger partial charge in [-0.3, -0.25) is 4.79 Å². The monoisotopic (exact) mass is 479 g/mol. The van der Waals surface area contributed by atoms with Gasteiger partial charge in [0.05, 0.1) is 21.8 Å². The molecule has 8 nitrogen and oxygen atoms in total. The van der Waals surface area contributed by atoms with Crippen molar-refractivity contribution in [1.29, 1.82) is 0 Å². The number of benzene rings is 2. The molecule has 1 aliphatic rings. The molecule has 0 radical (unpaired) electrons. The number of carbonyl (C=O) groups is 1. The summed E-state index contributed by atoms with van der Waals surface area (Å²) in [5.74, 6) is -0.758. The molecule has 0 saturated carbocycles. The van der Waals surface area contributed by atoms with Crippen LogP contribution in [0.15, 0.2) is 60.0 Å². The van der Waals surface area contributed by atoms with Gasteiger partial charge >= 0.3 is 6.18 Å². The lowest BCUT2D eigenvalue weighted by Crippen LogP contribution is -2.35. The van der Waals surface area contributed by atoms with Crippen molar-refractivity contribution in [3.8, 4) is 5.69 Å². The summed E-state index contributed by atoms with van der Waals surface area (Å²) >= 11 is 0. The number of sulfonamides is 1. The summed E-state index contributed by atoms with van der Waals surface area (Å²) in [6.45, 7) is 0.814. The summed E-state index contributed by atoms with van der Waals surface area (Å²) in [7, 11) is -3.78. The zero-order valence-corrected chi connectivity index (χ0v) is 18.1. The third-order valence-electron chi connectivity index (χ3n) is 5.29.